The minimum absolute atomic E-state index is 0.124. The lowest BCUT2D eigenvalue weighted by molar-refractivity contribution is 0.0698. The highest BCUT2D eigenvalue weighted by Crippen LogP contribution is 2.34. The molecule has 3 N–H and O–H groups in total. The molecule has 1 saturated heterocycles. The van der Waals surface area contributed by atoms with E-state index in [-0.39, 0.29) is 17.3 Å². The van der Waals surface area contributed by atoms with E-state index in [2.05, 4.69) is 13.8 Å². The van der Waals surface area contributed by atoms with Crippen molar-refractivity contribution in [3.8, 4) is 0 Å². The van der Waals surface area contributed by atoms with E-state index in [0.29, 0.717) is 11.6 Å². The van der Waals surface area contributed by atoms with Gasteiger partial charge in [-0.3, -0.25) is 0 Å². The van der Waals surface area contributed by atoms with Crippen LogP contribution in [-0.2, 0) is 0 Å². The van der Waals surface area contributed by atoms with E-state index >= 15 is 0 Å². The number of anilines is 2. The molecular formula is C14H19FN2O2. The Balaban J connectivity index is 2.50. The zero-order chi connectivity index (χ0) is 14.2. The van der Waals surface area contributed by atoms with Crippen molar-refractivity contribution in [3.63, 3.8) is 0 Å². The molecule has 0 saturated carbocycles. The van der Waals surface area contributed by atoms with Gasteiger partial charge in [-0.2, -0.15) is 0 Å². The molecule has 5 heteroatoms. The number of hydrogen-bond donors (Lipinski definition) is 2. The first-order valence-electron chi connectivity index (χ1n) is 6.51. The molecule has 1 aliphatic heterocycles. The summed E-state index contributed by atoms with van der Waals surface area (Å²) in [7, 11) is 0. The second-order valence-corrected chi connectivity index (χ2v) is 5.21. The van der Waals surface area contributed by atoms with Crippen LogP contribution in [0.15, 0.2) is 12.1 Å². The van der Waals surface area contributed by atoms with Crippen LogP contribution in [0, 0.1) is 11.7 Å². The fraction of sp³-hybridized carbons (Fsp3) is 0.500. The molecule has 0 bridgehead atoms. The molecule has 2 atom stereocenters. The minimum atomic E-state index is -1.18. The van der Waals surface area contributed by atoms with Crippen LogP contribution in [0.25, 0.3) is 0 Å². The molecule has 1 aromatic carbocycles. The fourth-order valence-electron chi connectivity index (χ4n) is 2.72. The Bertz CT molecular complexity index is 504. The summed E-state index contributed by atoms with van der Waals surface area (Å²) in [6, 6.07) is 2.98. The summed E-state index contributed by atoms with van der Waals surface area (Å²) in [5, 5.41) is 9.28. The first-order valence-corrected chi connectivity index (χ1v) is 6.51. The number of piperidine rings is 1. The first-order chi connectivity index (χ1) is 8.93. The topological polar surface area (TPSA) is 66.6 Å². The molecule has 1 heterocycles. The summed E-state index contributed by atoms with van der Waals surface area (Å²) in [5.74, 6) is -1.39. The number of benzene rings is 1. The normalized spacial score (nSPS) is 23.4. The van der Waals surface area contributed by atoms with Gasteiger partial charge in [-0.1, -0.05) is 6.92 Å². The van der Waals surface area contributed by atoms with Gasteiger partial charge in [0.05, 0.1) is 11.4 Å². The van der Waals surface area contributed by atoms with E-state index in [1.807, 2.05) is 4.90 Å². The Kier molecular flexibility index (Phi) is 3.64. The van der Waals surface area contributed by atoms with Crippen LogP contribution >= 0.6 is 0 Å². The summed E-state index contributed by atoms with van der Waals surface area (Å²) < 4.78 is 13.5. The number of carboxylic acid groups (broad SMARTS) is 1. The van der Waals surface area contributed by atoms with Crippen LogP contribution in [0.5, 0.6) is 0 Å². The highest BCUT2D eigenvalue weighted by atomic mass is 19.1. The van der Waals surface area contributed by atoms with Crippen LogP contribution in [-0.4, -0.2) is 23.7 Å². The molecule has 0 radical (unpaired) electrons. The van der Waals surface area contributed by atoms with Gasteiger partial charge in [0, 0.05) is 12.6 Å². The highest BCUT2D eigenvalue weighted by Gasteiger charge is 2.29. The number of hydrogen-bond acceptors (Lipinski definition) is 3. The fourth-order valence-corrected chi connectivity index (χ4v) is 2.72. The van der Waals surface area contributed by atoms with Crippen molar-refractivity contribution in [2.75, 3.05) is 17.2 Å². The smallest absolute Gasteiger partial charge is 0.340 e. The van der Waals surface area contributed by atoms with E-state index in [1.165, 1.54) is 12.1 Å². The van der Waals surface area contributed by atoms with Gasteiger partial charge < -0.3 is 15.7 Å². The van der Waals surface area contributed by atoms with Crippen molar-refractivity contribution >= 4 is 17.3 Å². The van der Waals surface area contributed by atoms with Gasteiger partial charge in [0.15, 0.2) is 0 Å². The Hall–Kier alpha value is -1.78. The molecule has 2 unspecified atom stereocenters. The SMILES string of the molecule is CC1CCCN(c2ccc(F)c(N)c2C(=O)O)C1C. The number of nitrogens with zero attached hydrogens (tertiary/aromatic N) is 1. The van der Waals surface area contributed by atoms with Crippen molar-refractivity contribution in [2.45, 2.75) is 32.7 Å². The van der Waals surface area contributed by atoms with E-state index in [0.717, 1.165) is 19.4 Å². The average molecular weight is 266 g/mol. The van der Waals surface area contributed by atoms with Crippen molar-refractivity contribution in [1.82, 2.24) is 0 Å². The number of carboxylic acids is 1. The maximum Gasteiger partial charge on any atom is 0.340 e. The second-order valence-electron chi connectivity index (χ2n) is 5.21. The molecule has 0 amide bonds. The largest absolute Gasteiger partial charge is 0.478 e. The first kappa shape index (κ1) is 13.6. The Morgan fingerprint density at radius 1 is 1.47 bits per heavy atom. The molecular weight excluding hydrogens is 247 g/mol. The van der Waals surface area contributed by atoms with Crippen LogP contribution in [0.3, 0.4) is 0 Å². The average Bonchev–Trinajstić information content (AvgIpc) is 2.35. The lowest BCUT2D eigenvalue weighted by Gasteiger charge is -2.40. The molecule has 0 aliphatic carbocycles. The van der Waals surface area contributed by atoms with E-state index < -0.39 is 11.8 Å². The Labute approximate surface area is 112 Å². The molecule has 0 aromatic heterocycles. The predicted molar refractivity (Wildman–Crippen MR) is 73.0 cm³/mol. The Morgan fingerprint density at radius 2 is 2.16 bits per heavy atom. The van der Waals surface area contributed by atoms with Crippen LogP contribution in [0.2, 0.25) is 0 Å². The summed E-state index contributed by atoms with van der Waals surface area (Å²) >= 11 is 0. The number of aromatic carboxylic acids is 1. The molecule has 104 valence electrons. The van der Waals surface area contributed by atoms with Gasteiger partial charge in [-0.25, -0.2) is 9.18 Å². The molecule has 2 rings (SSSR count). The van der Waals surface area contributed by atoms with Gasteiger partial charge in [0.25, 0.3) is 0 Å². The summed E-state index contributed by atoms with van der Waals surface area (Å²) in [6.07, 6.45) is 2.12. The summed E-state index contributed by atoms with van der Waals surface area (Å²) in [5.41, 5.74) is 5.70. The Morgan fingerprint density at radius 3 is 2.79 bits per heavy atom. The van der Waals surface area contributed by atoms with E-state index in [1.54, 1.807) is 0 Å². The quantitative estimate of drug-likeness (QED) is 0.808. The minimum Gasteiger partial charge on any atom is -0.478 e. The van der Waals surface area contributed by atoms with Gasteiger partial charge in [0.2, 0.25) is 0 Å². The predicted octanol–water partition coefficient (Wildman–Crippen LogP) is 2.73. The third-order valence-corrected chi connectivity index (χ3v) is 4.07. The van der Waals surface area contributed by atoms with Gasteiger partial charge in [-0.05, 0) is 37.8 Å². The number of halogens is 1. The van der Waals surface area contributed by atoms with Crippen molar-refractivity contribution < 1.29 is 14.3 Å². The summed E-state index contributed by atoms with van der Waals surface area (Å²) in [6.45, 7) is 4.98. The van der Waals surface area contributed by atoms with E-state index in [9.17, 15) is 14.3 Å². The number of nitrogens with two attached hydrogens (primary N) is 1. The summed E-state index contributed by atoms with van der Waals surface area (Å²) in [4.78, 5) is 13.4. The molecule has 1 fully saturated rings. The van der Waals surface area contributed by atoms with Crippen molar-refractivity contribution in [2.24, 2.45) is 5.92 Å². The molecule has 19 heavy (non-hydrogen) atoms. The lowest BCUT2D eigenvalue weighted by Crippen LogP contribution is -2.43. The standard InChI is InChI=1S/C14H19FN2O2/c1-8-4-3-7-17(9(8)2)11-6-5-10(15)13(16)12(11)14(18)19/h5-6,8-9H,3-4,7,16H2,1-2H3,(H,18,19). The zero-order valence-corrected chi connectivity index (χ0v) is 11.2. The number of carbonyl (C=O) groups is 1. The molecule has 1 aliphatic rings. The van der Waals surface area contributed by atoms with Crippen molar-refractivity contribution in [1.29, 1.82) is 0 Å². The highest BCUT2D eigenvalue weighted by molar-refractivity contribution is 6.00. The monoisotopic (exact) mass is 266 g/mol. The maximum atomic E-state index is 13.5. The zero-order valence-electron chi connectivity index (χ0n) is 11.2. The van der Waals surface area contributed by atoms with Crippen LogP contribution < -0.4 is 10.6 Å². The maximum absolute atomic E-state index is 13.5. The number of rotatable bonds is 2. The third-order valence-electron chi connectivity index (χ3n) is 4.07. The molecule has 0 spiro atoms. The third kappa shape index (κ3) is 2.37. The molecule has 1 aromatic rings. The lowest BCUT2D eigenvalue weighted by atomic mass is 9.91. The molecule has 4 nitrogen and oxygen atoms in total. The van der Waals surface area contributed by atoms with E-state index in [4.69, 9.17) is 5.73 Å². The number of nitrogen functional groups attached to an aromatic ring is 1. The van der Waals surface area contributed by atoms with Gasteiger partial charge in [0.1, 0.15) is 11.4 Å². The van der Waals surface area contributed by atoms with Gasteiger partial charge in [-0.15, -0.1) is 0 Å². The van der Waals surface area contributed by atoms with Crippen LogP contribution in [0.1, 0.15) is 37.0 Å². The van der Waals surface area contributed by atoms with Crippen LogP contribution in [0.4, 0.5) is 15.8 Å². The van der Waals surface area contributed by atoms with Crippen molar-refractivity contribution in [3.05, 3.63) is 23.5 Å². The van der Waals surface area contributed by atoms with Gasteiger partial charge >= 0.3 is 5.97 Å². The second kappa shape index (κ2) is 5.07.